The molecule has 0 bridgehead atoms. The lowest BCUT2D eigenvalue weighted by Crippen LogP contribution is -2.44. The van der Waals surface area contributed by atoms with Crippen molar-refractivity contribution < 1.29 is 4.84 Å². The van der Waals surface area contributed by atoms with Crippen LogP contribution < -0.4 is 0 Å². The van der Waals surface area contributed by atoms with Crippen LogP contribution in [0.2, 0.25) is 5.02 Å². The van der Waals surface area contributed by atoms with Crippen LogP contribution in [0, 0.1) is 0 Å². The smallest absolute Gasteiger partial charge is 0.145 e. The summed E-state index contributed by atoms with van der Waals surface area (Å²) in [6, 6.07) is 18.7. The molecule has 2 aliphatic heterocycles. The lowest BCUT2D eigenvalue weighted by molar-refractivity contribution is -0.0627. The second kappa shape index (κ2) is 7.19. The van der Waals surface area contributed by atoms with Crippen LogP contribution in [0.25, 0.3) is 0 Å². The quantitative estimate of drug-likeness (QED) is 0.795. The fourth-order valence-electron chi connectivity index (χ4n) is 3.76. The van der Waals surface area contributed by atoms with Gasteiger partial charge in [0, 0.05) is 50.3 Å². The summed E-state index contributed by atoms with van der Waals surface area (Å²) in [4.78, 5) is 8.42. The Morgan fingerprint density at radius 3 is 2.40 bits per heavy atom. The topological polar surface area (TPSA) is 24.8 Å². The molecule has 0 atom stereocenters. The molecule has 4 rings (SSSR count). The largest absolute Gasteiger partial charge is 0.389 e. The number of oxime groups is 1. The second-order valence-electron chi connectivity index (χ2n) is 7.17. The summed E-state index contributed by atoms with van der Waals surface area (Å²) in [6.07, 6.45) is 3.96. The highest BCUT2D eigenvalue weighted by Gasteiger charge is 2.41. The molecule has 130 valence electrons. The van der Waals surface area contributed by atoms with Crippen molar-refractivity contribution in [3.63, 3.8) is 0 Å². The molecule has 2 aliphatic rings. The van der Waals surface area contributed by atoms with Crippen LogP contribution in [0.4, 0.5) is 0 Å². The Morgan fingerprint density at radius 2 is 1.68 bits per heavy atom. The lowest BCUT2D eigenvalue weighted by atomic mass is 9.85. The molecule has 0 saturated carbocycles. The molecule has 25 heavy (non-hydrogen) atoms. The van der Waals surface area contributed by atoms with E-state index < -0.39 is 0 Å². The number of likely N-dealkylation sites (tertiary alicyclic amines) is 1. The molecule has 0 unspecified atom stereocenters. The predicted molar refractivity (Wildman–Crippen MR) is 102 cm³/mol. The van der Waals surface area contributed by atoms with E-state index in [-0.39, 0.29) is 5.60 Å². The van der Waals surface area contributed by atoms with Crippen LogP contribution in [-0.4, -0.2) is 29.3 Å². The summed E-state index contributed by atoms with van der Waals surface area (Å²) in [6.45, 7) is 3.08. The Morgan fingerprint density at radius 1 is 0.960 bits per heavy atom. The van der Waals surface area contributed by atoms with Crippen molar-refractivity contribution in [2.45, 2.75) is 37.8 Å². The first-order chi connectivity index (χ1) is 12.2. The maximum atomic E-state index is 5.97. The fourth-order valence-corrected chi connectivity index (χ4v) is 3.88. The number of hydrogen-bond donors (Lipinski definition) is 0. The maximum absolute atomic E-state index is 5.97. The Hall–Kier alpha value is -1.84. The summed E-state index contributed by atoms with van der Waals surface area (Å²) < 4.78 is 0. The molecule has 1 saturated heterocycles. The number of nitrogens with zero attached hydrogens (tertiary/aromatic N) is 2. The molecule has 0 aromatic heterocycles. The van der Waals surface area contributed by atoms with E-state index >= 15 is 0 Å². The molecule has 2 heterocycles. The van der Waals surface area contributed by atoms with E-state index in [2.05, 4.69) is 46.5 Å². The zero-order valence-corrected chi connectivity index (χ0v) is 15.1. The van der Waals surface area contributed by atoms with Crippen molar-refractivity contribution in [2.75, 3.05) is 13.1 Å². The van der Waals surface area contributed by atoms with Crippen LogP contribution in [0.15, 0.2) is 59.8 Å². The highest BCUT2D eigenvalue weighted by Crippen LogP contribution is 2.35. The third-order valence-electron chi connectivity index (χ3n) is 5.23. The average molecular weight is 355 g/mol. The third-order valence-corrected chi connectivity index (χ3v) is 5.48. The van der Waals surface area contributed by atoms with Gasteiger partial charge in [-0.05, 0) is 23.3 Å². The molecule has 0 N–H and O–H groups in total. The Kier molecular flexibility index (Phi) is 4.78. The summed E-state index contributed by atoms with van der Waals surface area (Å²) in [5, 5.41) is 5.21. The van der Waals surface area contributed by atoms with Crippen LogP contribution in [0.1, 0.15) is 30.4 Å². The molecule has 1 fully saturated rings. The monoisotopic (exact) mass is 354 g/mol. The first kappa shape index (κ1) is 16.6. The number of piperidine rings is 1. The molecular formula is C21H23ClN2O. The van der Waals surface area contributed by atoms with Gasteiger partial charge in [0.05, 0.1) is 5.71 Å². The predicted octanol–water partition coefficient (Wildman–Crippen LogP) is 4.69. The summed E-state index contributed by atoms with van der Waals surface area (Å²) >= 11 is 5.97. The van der Waals surface area contributed by atoms with Gasteiger partial charge in [0.1, 0.15) is 5.60 Å². The number of benzene rings is 2. The normalized spacial score (nSPS) is 19.6. The minimum Gasteiger partial charge on any atom is -0.389 e. The third kappa shape index (κ3) is 4.05. The number of rotatable bonds is 4. The lowest BCUT2D eigenvalue weighted by Gasteiger charge is -2.37. The van der Waals surface area contributed by atoms with Gasteiger partial charge in [-0.15, -0.1) is 0 Å². The van der Waals surface area contributed by atoms with Crippen molar-refractivity contribution >= 4 is 17.3 Å². The standard InChI is InChI=1S/C21H23ClN2O/c22-19-8-6-18(7-9-19)16-24-12-10-21(11-13-24)15-20(23-25-21)14-17-4-2-1-3-5-17/h1-9H,10-16H2. The molecule has 0 amide bonds. The van der Waals surface area contributed by atoms with E-state index in [1.807, 2.05) is 18.2 Å². The zero-order chi connectivity index (χ0) is 17.1. The minimum absolute atomic E-state index is 0.0688. The van der Waals surface area contributed by atoms with Gasteiger partial charge in [0.2, 0.25) is 0 Å². The van der Waals surface area contributed by atoms with Crippen molar-refractivity contribution in [3.8, 4) is 0 Å². The number of halogens is 1. The van der Waals surface area contributed by atoms with Gasteiger partial charge in [-0.3, -0.25) is 4.90 Å². The molecule has 2 aromatic rings. The van der Waals surface area contributed by atoms with Gasteiger partial charge in [0.25, 0.3) is 0 Å². The Labute approximate surface area is 154 Å². The molecule has 3 nitrogen and oxygen atoms in total. The first-order valence-corrected chi connectivity index (χ1v) is 9.33. The Bertz CT molecular complexity index is 734. The zero-order valence-electron chi connectivity index (χ0n) is 14.3. The van der Waals surface area contributed by atoms with E-state index in [1.165, 1.54) is 16.8 Å². The van der Waals surface area contributed by atoms with E-state index in [1.54, 1.807) is 0 Å². The van der Waals surface area contributed by atoms with Gasteiger partial charge in [-0.2, -0.15) is 0 Å². The van der Waals surface area contributed by atoms with Crippen molar-refractivity contribution in [2.24, 2.45) is 5.16 Å². The van der Waals surface area contributed by atoms with Crippen molar-refractivity contribution in [1.29, 1.82) is 0 Å². The average Bonchev–Trinajstić information content (AvgIpc) is 3.02. The highest BCUT2D eigenvalue weighted by atomic mass is 35.5. The van der Waals surface area contributed by atoms with Gasteiger partial charge < -0.3 is 4.84 Å². The van der Waals surface area contributed by atoms with Gasteiger partial charge in [0.15, 0.2) is 0 Å². The van der Waals surface area contributed by atoms with Gasteiger partial charge in [-0.1, -0.05) is 59.2 Å². The second-order valence-corrected chi connectivity index (χ2v) is 7.61. The molecule has 4 heteroatoms. The molecule has 0 aliphatic carbocycles. The molecule has 1 spiro atoms. The first-order valence-electron chi connectivity index (χ1n) is 8.95. The Balaban J connectivity index is 1.29. The van der Waals surface area contributed by atoms with Gasteiger partial charge >= 0.3 is 0 Å². The van der Waals surface area contributed by atoms with E-state index in [4.69, 9.17) is 16.4 Å². The highest BCUT2D eigenvalue weighted by molar-refractivity contribution is 6.30. The molecule has 2 aromatic carbocycles. The fraction of sp³-hybridized carbons (Fsp3) is 0.381. The van der Waals surface area contributed by atoms with Crippen LogP contribution >= 0.6 is 11.6 Å². The van der Waals surface area contributed by atoms with E-state index in [9.17, 15) is 0 Å². The maximum Gasteiger partial charge on any atom is 0.145 e. The summed E-state index contributed by atoms with van der Waals surface area (Å²) in [7, 11) is 0. The van der Waals surface area contributed by atoms with E-state index in [0.717, 1.165) is 50.3 Å². The van der Waals surface area contributed by atoms with Crippen LogP contribution in [0.3, 0.4) is 0 Å². The molecule has 0 radical (unpaired) electrons. The van der Waals surface area contributed by atoms with E-state index in [0.29, 0.717) is 0 Å². The SMILES string of the molecule is Clc1ccc(CN2CCC3(CC2)CC(Cc2ccccc2)=NO3)cc1. The van der Waals surface area contributed by atoms with Crippen LogP contribution in [-0.2, 0) is 17.8 Å². The molecular weight excluding hydrogens is 332 g/mol. The van der Waals surface area contributed by atoms with Crippen molar-refractivity contribution in [3.05, 3.63) is 70.7 Å². The minimum atomic E-state index is -0.0688. The summed E-state index contributed by atoms with van der Waals surface area (Å²) in [5.41, 5.74) is 3.73. The summed E-state index contributed by atoms with van der Waals surface area (Å²) in [5.74, 6) is 0. The van der Waals surface area contributed by atoms with Crippen molar-refractivity contribution in [1.82, 2.24) is 4.90 Å². The van der Waals surface area contributed by atoms with Crippen LogP contribution in [0.5, 0.6) is 0 Å². The number of hydrogen-bond acceptors (Lipinski definition) is 3. The van der Waals surface area contributed by atoms with Gasteiger partial charge in [-0.25, -0.2) is 0 Å².